The Balaban J connectivity index is 0.00000102. The number of anilines is 3. The third kappa shape index (κ3) is 6.05. The van der Waals surface area contributed by atoms with Crippen LogP contribution in [-0.4, -0.2) is 41.3 Å². The third-order valence-corrected chi connectivity index (χ3v) is 6.47. The van der Waals surface area contributed by atoms with Crippen LogP contribution in [0.5, 0.6) is 0 Å². The zero-order valence-electron chi connectivity index (χ0n) is 21.4. The molecule has 1 aromatic carbocycles. The Kier molecular flexibility index (Phi) is 8.66. The molecule has 194 valence electrons. The maximum Gasteiger partial charge on any atom is 0.137 e. The monoisotopic (exact) mass is 569 g/mol. The Morgan fingerprint density at radius 1 is 1.05 bits per heavy atom. The Labute approximate surface area is 224 Å². The highest BCUT2D eigenvalue weighted by Gasteiger charge is 2.20. The van der Waals surface area contributed by atoms with Gasteiger partial charge in [-0.25, -0.2) is 18.7 Å². The van der Waals surface area contributed by atoms with Gasteiger partial charge >= 0.3 is 0 Å². The SMILES string of the molecule is CCC.Cc1ccnc(-c2nc3cc(F)cc(F)c3c(Nc3cc(N4CCOCC4)ncc3Br)c2C)c1. The first-order chi connectivity index (χ1) is 17.8. The minimum absolute atomic E-state index is 0.211. The number of aryl methyl sites for hydroxylation is 1. The number of pyridine rings is 3. The van der Waals surface area contributed by atoms with Gasteiger partial charge in [-0.3, -0.25) is 4.98 Å². The molecule has 4 heterocycles. The molecule has 0 amide bonds. The summed E-state index contributed by atoms with van der Waals surface area (Å²) in [7, 11) is 0. The van der Waals surface area contributed by atoms with Crippen molar-refractivity contribution in [3.05, 3.63) is 70.0 Å². The smallest absolute Gasteiger partial charge is 0.137 e. The van der Waals surface area contributed by atoms with Crippen molar-refractivity contribution in [2.45, 2.75) is 34.1 Å². The highest BCUT2D eigenvalue weighted by Crippen LogP contribution is 2.38. The molecule has 1 fully saturated rings. The standard InChI is InChI=1S/C25H22BrF2N5O.C3H8/c1-14-3-4-29-21(9-14)24-15(2)25(23-18(28)10-16(27)11-20(23)32-24)31-19-12-22(30-13-17(19)26)33-5-7-34-8-6-33;1-3-2/h3-4,9-13H,5-8H2,1-2H3,(H,30,31,32);3H2,1-2H3. The number of fused-ring (bicyclic) bond motifs is 1. The number of morpholine rings is 1. The molecule has 6 nitrogen and oxygen atoms in total. The summed E-state index contributed by atoms with van der Waals surface area (Å²) < 4.78 is 35.4. The first-order valence-electron chi connectivity index (χ1n) is 12.3. The highest BCUT2D eigenvalue weighted by molar-refractivity contribution is 9.10. The lowest BCUT2D eigenvalue weighted by Gasteiger charge is -2.28. The van der Waals surface area contributed by atoms with Gasteiger partial charge in [0.2, 0.25) is 0 Å². The zero-order chi connectivity index (χ0) is 26.5. The van der Waals surface area contributed by atoms with E-state index in [1.165, 1.54) is 12.5 Å². The summed E-state index contributed by atoms with van der Waals surface area (Å²) in [6.07, 6.45) is 4.66. The number of hydrogen-bond acceptors (Lipinski definition) is 6. The van der Waals surface area contributed by atoms with Crippen LogP contribution in [0.1, 0.15) is 31.4 Å². The molecule has 9 heteroatoms. The zero-order valence-corrected chi connectivity index (χ0v) is 23.0. The van der Waals surface area contributed by atoms with Gasteiger partial charge in [0, 0.05) is 49.2 Å². The predicted octanol–water partition coefficient (Wildman–Crippen LogP) is 7.35. The van der Waals surface area contributed by atoms with Crippen molar-refractivity contribution in [1.29, 1.82) is 0 Å². The molecule has 0 atom stereocenters. The Morgan fingerprint density at radius 3 is 2.49 bits per heavy atom. The highest BCUT2D eigenvalue weighted by atomic mass is 79.9. The maximum atomic E-state index is 15.1. The van der Waals surface area contributed by atoms with E-state index in [1.807, 2.05) is 32.0 Å². The number of halogens is 3. The van der Waals surface area contributed by atoms with E-state index in [0.717, 1.165) is 30.5 Å². The molecule has 0 bridgehead atoms. The lowest BCUT2D eigenvalue weighted by Crippen LogP contribution is -2.36. The molecular formula is C28H30BrF2N5O. The summed E-state index contributed by atoms with van der Waals surface area (Å²) in [5, 5.41) is 3.59. The van der Waals surface area contributed by atoms with Gasteiger partial charge in [-0.1, -0.05) is 20.3 Å². The van der Waals surface area contributed by atoms with Crippen LogP contribution in [-0.2, 0) is 4.74 Å². The van der Waals surface area contributed by atoms with E-state index in [4.69, 9.17) is 4.74 Å². The minimum atomic E-state index is -0.685. The summed E-state index contributed by atoms with van der Waals surface area (Å²) in [4.78, 5) is 15.7. The number of ether oxygens (including phenoxy) is 1. The fourth-order valence-corrected chi connectivity index (χ4v) is 4.42. The van der Waals surface area contributed by atoms with E-state index in [0.29, 0.717) is 46.0 Å². The van der Waals surface area contributed by atoms with Crippen LogP contribution in [0.15, 0.2) is 47.2 Å². The summed E-state index contributed by atoms with van der Waals surface area (Å²) in [5.41, 5.74) is 4.32. The van der Waals surface area contributed by atoms with Crippen molar-refractivity contribution >= 4 is 44.0 Å². The summed E-state index contributed by atoms with van der Waals surface area (Å²) in [6.45, 7) is 10.8. The van der Waals surface area contributed by atoms with Gasteiger partial charge in [0.25, 0.3) is 0 Å². The Bertz CT molecular complexity index is 1410. The van der Waals surface area contributed by atoms with Crippen LogP contribution in [0.4, 0.5) is 26.0 Å². The number of benzene rings is 1. The summed E-state index contributed by atoms with van der Waals surface area (Å²) >= 11 is 3.55. The van der Waals surface area contributed by atoms with Gasteiger partial charge < -0.3 is 15.0 Å². The van der Waals surface area contributed by atoms with E-state index in [1.54, 1.807) is 12.4 Å². The molecule has 5 rings (SSSR count). The molecule has 0 spiro atoms. The molecule has 37 heavy (non-hydrogen) atoms. The lowest BCUT2D eigenvalue weighted by atomic mass is 10.0. The van der Waals surface area contributed by atoms with Gasteiger partial charge in [-0.15, -0.1) is 0 Å². The van der Waals surface area contributed by atoms with Crippen LogP contribution in [0.25, 0.3) is 22.3 Å². The Morgan fingerprint density at radius 2 is 1.78 bits per heavy atom. The van der Waals surface area contributed by atoms with Gasteiger partial charge in [-0.05, 0) is 47.5 Å². The molecule has 3 aromatic heterocycles. The van der Waals surface area contributed by atoms with Gasteiger partial charge in [0.05, 0.1) is 51.4 Å². The Hall–Kier alpha value is -3.17. The third-order valence-electron chi connectivity index (χ3n) is 5.84. The molecule has 1 aliphatic heterocycles. The molecule has 4 aromatic rings. The van der Waals surface area contributed by atoms with E-state index in [-0.39, 0.29) is 10.9 Å². The van der Waals surface area contributed by atoms with E-state index < -0.39 is 11.6 Å². The van der Waals surface area contributed by atoms with Crippen molar-refractivity contribution in [3.63, 3.8) is 0 Å². The fraction of sp³-hybridized carbons (Fsp3) is 0.321. The fourth-order valence-electron chi connectivity index (χ4n) is 4.10. The normalized spacial score (nSPS) is 13.3. The van der Waals surface area contributed by atoms with Crippen molar-refractivity contribution in [2.75, 3.05) is 36.5 Å². The predicted molar refractivity (Wildman–Crippen MR) is 149 cm³/mol. The molecular weight excluding hydrogens is 540 g/mol. The van der Waals surface area contributed by atoms with Gasteiger partial charge in [-0.2, -0.15) is 0 Å². The van der Waals surface area contributed by atoms with Crippen LogP contribution >= 0.6 is 15.9 Å². The molecule has 1 N–H and O–H groups in total. The number of nitrogens with one attached hydrogen (secondary N) is 1. The van der Waals surface area contributed by atoms with Crippen molar-refractivity contribution < 1.29 is 13.5 Å². The number of nitrogens with zero attached hydrogens (tertiary/aromatic N) is 4. The van der Waals surface area contributed by atoms with Crippen LogP contribution in [0.3, 0.4) is 0 Å². The molecule has 1 aliphatic rings. The number of hydrogen-bond donors (Lipinski definition) is 1. The largest absolute Gasteiger partial charge is 0.378 e. The van der Waals surface area contributed by atoms with Gasteiger partial charge in [0.1, 0.15) is 17.5 Å². The van der Waals surface area contributed by atoms with E-state index in [9.17, 15) is 4.39 Å². The maximum absolute atomic E-state index is 15.1. The second-order valence-electron chi connectivity index (χ2n) is 8.91. The minimum Gasteiger partial charge on any atom is -0.378 e. The lowest BCUT2D eigenvalue weighted by molar-refractivity contribution is 0.122. The average Bonchev–Trinajstić information content (AvgIpc) is 2.87. The van der Waals surface area contributed by atoms with Crippen LogP contribution < -0.4 is 10.2 Å². The molecule has 1 saturated heterocycles. The first kappa shape index (κ1) is 26.9. The second kappa shape index (κ2) is 11.9. The number of rotatable bonds is 4. The summed E-state index contributed by atoms with van der Waals surface area (Å²) in [6, 6.07) is 7.81. The molecule has 0 aliphatic carbocycles. The van der Waals surface area contributed by atoms with Gasteiger partial charge in [0.15, 0.2) is 0 Å². The van der Waals surface area contributed by atoms with Crippen molar-refractivity contribution in [1.82, 2.24) is 15.0 Å². The first-order valence-corrected chi connectivity index (χ1v) is 13.1. The van der Waals surface area contributed by atoms with Crippen LogP contribution in [0, 0.1) is 25.5 Å². The molecule has 0 saturated carbocycles. The summed E-state index contributed by atoms with van der Waals surface area (Å²) in [5.74, 6) is -0.581. The quantitative estimate of drug-likeness (QED) is 0.277. The topological polar surface area (TPSA) is 63.2 Å². The van der Waals surface area contributed by atoms with E-state index in [2.05, 4.69) is 54.9 Å². The molecule has 0 radical (unpaired) electrons. The number of aromatic nitrogens is 3. The van der Waals surface area contributed by atoms with Crippen molar-refractivity contribution in [2.24, 2.45) is 0 Å². The second-order valence-corrected chi connectivity index (χ2v) is 9.77. The van der Waals surface area contributed by atoms with Crippen molar-refractivity contribution in [3.8, 4) is 11.4 Å². The van der Waals surface area contributed by atoms with E-state index >= 15 is 4.39 Å². The average molecular weight is 570 g/mol. The molecule has 0 unspecified atom stereocenters. The van der Waals surface area contributed by atoms with Crippen LogP contribution in [0.2, 0.25) is 0 Å².